The first kappa shape index (κ1) is 15.4. The highest BCUT2D eigenvalue weighted by Gasteiger charge is 2.06. The average molecular weight is 297 g/mol. The van der Waals surface area contributed by atoms with Crippen LogP contribution in [0.4, 0.5) is 0 Å². The zero-order chi connectivity index (χ0) is 14.9. The molecule has 0 unspecified atom stereocenters. The van der Waals surface area contributed by atoms with E-state index < -0.39 is 0 Å². The lowest BCUT2D eigenvalue weighted by atomic mass is 10.1. The van der Waals surface area contributed by atoms with Gasteiger partial charge in [-0.25, -0.2) is 0 Å². The second kappa shape index (κ2) is 8.32. The number of allylic oxidation sites excluding steroid dienone is 1. The number of nitrogens with one attached hydrogen (secondary N) is 1. The first-order valence-corrected chi connectivity index (χ1v) is 8.30. The zero-order valence-corrected chi connectivity index (χ0v) is 12.9. The molecular formula is C18H19NOS. The SMILES string of the molecule is CSCCNC(=CC(=O)c1ccccc1)c1ccccc1. The summed E-state index contributed by atoms with van der Waals surface area (Å²) in [6, 6.07) is 19.3. The van der Waals surface area contributed by atoms with Crippen LogP contribution in [0.3, 0.4) is 0 Å². The molecule has 0 atom stereocenters. The number of rotatable bonds is 7. The smallest absolute Gasteiger partial charge is 0.187 e. The van der Waals surface area contributed by atoms with Gasteiger partial charge in [-0.2, -0.15) is 11.8 Å². The Morgan fingerprint density at radius 1 is 1.00 bits per heavy atom. The number of carbonyl (C=O) groups excluding carboxylic acids is 1. The number of thioether (sulfide) groups is 1. The van der Waals surface area contributed by atoms with Gasteiger partial charge in [-0.15, -0.1) is 0 Å². The van der Waals surface area contributed by atoms with Gasteiger partial charge in [-0.1, -0.05) is 60.7 Å². The molecule has 108 valence electrons. The van der Waals surface area contributed by atoms with E-state index in [4.69, 9.17) is 0 Å². The van der Waals surface area contributed by atoms with Gasteiger partial charge in [0.2, 0.25) is 0 Å². The molecule has 0 heterocycles. The molecule has 0 amide bonds. The summed E-state index contributed by atoms with van der Waals surface area (Å²) in [5.41, 5.74) is 2.61. The van der Waals surface area contributed by atoms with E-state index in [-0.39, 0.29) is 5.78 Å². The maximum atomic E-state index is 12.3. The summed E-state index contributed by atoms with van der Waals surface area (Å²) in [6.45, 7) is 0.837. The van der Waals surface area contributed by atoms with E-state index in [9.17, 15) is 4.79 Å². The van der Waals surface area contributed by atoms with E-state index in [1.807, 2.05) is 60.7 Å². The average Bonchev–Trinajstić information content (AvgIpc) is 2.55. The summed E-state index contributed by atoms with van der Waals surface area (Å²) in [4.78, 5) is 12.3. The van der Waals surface area contributed by atoms with Gasteiger partial charge in [-0.3, -0.25) is 4.79 Å². The molecule has 0 radical (unpaired) electrons. The van der Waals surface area contributed by atoms with Crippen LogP contribution >= 0.6 is 11.8 Å². The maximum Gasteiger partial charge on any atom is 0.187 e. The Labute approximate surface area is 130 Å². The van der Waals surface area contributed by atoms with Crippen LogP contribution in [0.2, 0.25) is 0 Å². The largest absolute Gasteiger partial charge is 0.384 e. The topological polar surface area (TPSA) is 29.1 Å². The van der Waals surface area contributed by atoms with Crippen molar-refractivity contribution >= 4 is 23.2 Å². The Hall–Kier alpha value is -2.00. The first-order valence-electron chi connectivity index (χ1n) is 6.90. The number of hydrogen-bond donors (Lipinski definition) is 1. The quantitative estimate of drug-likeness (QED) is 0.478. The summed E-state index contributed by atoms with van der Waals surface area (Å²) >= 11 is 1.78. The Kier molecular flexibility index (Phi) is 6.10. The van der Waals surface area contributed by atoms with Crippen molar-refractivity contribution in [2.24, 2.45) is 0 Å². The van der Waals surface area contributed by atoms with Gasteiger partial charge in [0.25, 0.3) is 0 Å². The third-order valence-electron chi connectivity index (χ3n) is 3.04. The molecule has 2 aromatic rings. The van der Waals surface area contributed by atoms with Crippen molar-refractivity contribution in [3.8, 4) is 0 Å². The predicted molar refractivity (Wildman–Crippen MR) is 91.6 cm³/mol. The predicted octanol–water partition coefficient (Wildman–Crippen LogP) is 3.86. The molecule has 2 aromatic carbocycles. The minimum Gasteiger partial charge on any atom is -0.384 e. The number of hydrogen-bond acceptors (Lipinski definition) is 3. The molecule has 0 saturated heterocycles. The van der Waals surface area contributed by atoms with Crippen molar-refractivity contribution in [1.82, 2.24) is 5.32 Å². The molecule has 3 heteroatoms. The van der Waals surface area contributed by atoms with Gasteiger partial charge in [0.1, 0.15) is 0 Å². The van der Waals surface area contributed by atoms with Crippen molar-refractivity contribution < 1.29 is 4.79 Å². The molecule has 2 nitrogen and oxygen atoms in total. The van der Waals surface area contributed by atoms with Crippen molar-refractivity contribution in [3.63, 3.8) is 0 Å². The Bertz CT molecular complexity index is 593. The summed E-state index contributed by atoms with van der Waals surface area (Å²) < 4.78 is 0. The molecule has 21 heavy (non-hydrogen) atoms. The fourth-order valence-electron chi connectivity index (χ4n) is 1.96. The van der Waals surface area contributed by atoms with E-state index in [1.54, 1.807) is 17.8 Å². The van der Waals surface area contributed by atoms with Crippen molar-refractivity contribution in [3.05, 3.63) is 77.9 Å². The van der Waals surface area contributed by atoms with E-state index in [0.29, 0.717) is 5.56 Å². The molecule has 0 fully saturated rings. The van der Waals surface area contributed by atoms with Crippen LogP contribution in [0.15, 0.2) is 66.7 Å². The highest BCUT2D eigenvalue weighted by molar-refractivity contribution is 7.98. The van der Waals surface area contributed by atoms with Crippen LogP contribution in [0, 0.1) is 0 Å². The second-order valence-electron chi connectivity index (χ2n) is 4.57. The normalized spacial score (nSPS) is 11.2. The molecular weight excluding hydrogens is 278 g/mol. The minimum absolute atomic E-state index is 0.0195. The molecule has 0 aliphatic heterocycles. The minimum atomic E-state index is 0.0195. The van der Waals surface area contributed by atoms with Gasteiger partial charge in [0, 0.05) is 29.6 Å². The number of benzene rings is 2. The summed E-state index contributed by atoms with van der Waals surface area (Å²) in [5, 5.41) is 3.36. The first-order chi connectivity index (χ1) is 10.3. The van der Waals surface area contributed by atoms with Crippen LogP contribution in [0.5, 0.6) is 0 Å². The van der Waals surface area contributed by atoms with Crippen LogP contribution in [0.25, 0.3) is 5.70 Å². The lowest BCUT2D eigenvalue weighted by Crippen LogP contribution is -2.16. The molecule has 0 aromatic heterocycles. The molecule has 0 bridgehead atoms. The Morgan fingerprint density at radius 2 is 1.57 bits per heavy atom. The summed E-state index contributed by atoms with van der Waals surface area (Å²) in [7, 11) is 0. The van der Waals surface area contributed by atoms with Crippen LogP contribution < -0.4 is 5.32 Å². The standard InChI is InChI=1S/C18H19NOS/c1-21-13-12-19-17(15-8-4-2-5-9-15)14-18(20)16-10-6-3-7-11-16/h2-11,14,19H,12-13H2,1H3. The van der Waals surface area contributed by atoms with Crippen molar-refractivity contribution in [2.75, 3.05) is 18.6 Å². The molecule has 0 spiro atoms. The summed E-state index contributed by atoms with van der Waals surface area (Å²) in [6.07, 6.45) is 3.76. The molecule has 1 N–H and O–H groups in total. The number of carbonyl (C=O) groups is 1. The van der Waals surface area contributed by atoms with Gasteiger partial charge < -0.3 is 5.32 Å². The van der Waals surface area contributed by atoms with E-state index in [1.165, 1.54) is 0 Å². The maximum absolute atomic E-state index is 12.3. The van der Waals surface area contributed by atoms with E-state index in [2.05, 4.69) is 11.6 Å². The van der Waals surface area contributed by atoms with Gasteiger partial charge >= 0.3 is 0 Å². The lowest BCUT2D eigenvalue weighted by molar-refractivity contribution is 0.104. The van der Waals surface area contributed by atoms with E-state index in [0.717, 1.165) is 23.6 Å². The fraction of sp³-hybridized carbons (Fsp3) is 0.167. The van der Waals surface area contributed by atoms with Crippen molar-refractivity contribution in [2.45, 2.75) is 0 Å². The second-order valence-corrected chi connectivity index (χ2v) is 5.56. The van der Waals surface area contributed by atoms with Crippen LogP contribution in [-0.2, 0) is 0 Å². The van der Waals surface area contributed by atoms with Crippen LogP contribution in [-0.4, -0.2) is 24.3 Å². The molecule has 0 aliphatic carbocycles. The number of ketones is 1. The van der Waals surface area contributed by atoms with Gasteiger partial charge in [0.05, 0.1) is 0 Å². The zero-order valence-electron chi connectivity index (χ0n) is 12.1. The molecule has 0 aliphatic rings. The Balaban J connectivity index is 2.22. The monoisotopic (exact) mass is 297 g/mol. The van der Waals surface area contributed by atoms with Crippen molar-refractivity contribution in [1.29, 1.82) is 0 Å². The van der Waals surface area contributed by atoms with E-state index >= 15 is 0 Å². The van der Waals surface area contributed by atoms with Gasteiger partial charge in [-0.05, 0) is 11.8 Å². The highest BCUT2D eigenvalue weighted by atomic mass is 32.2. The fourth-order valence-corrected chi connectivity index (χ4v) is 2.26. The Morgan fingerprint density at radius 3 is 2.14 bits per heavy atom. The summed E-state index contributed by atoms with van der Waals surface area (Å²) in [5.74, 6) is 1.02. The van der Waals surface area contributed by atoms with Crippen LogP contribution in [0.1, 0.15) is 15.9 Å². The third kappa shape index (κ3) is 4.80. The molecule has 2 rings (SSSR count). The third-order valence-corrected chi connectivity index (χ3v) is 3.65. The van der Waals surface area contributed by atoms with Gasteiger partial charge in [0.15, 0.2) is 5.78 Å². The lowest BCUT2D eigenvalue weighted by Gasteiger charge is -2.11. The highest BCUT2D eigenvalue weighted by Crippen LogP contribution is 2.13. The molecule has 0 saturated carbocycles.